The average Bonchev–Trinajstić information content (AvgIpc) is 2.96. The van der Waals surface area contributed by atoms with Crippen LogP contribution in [0.4, 0.5) is 4.39 Å². The monoisotopic (exact) mass is 338 g/mol. The normalized spacial score (nSPS) is 17.5. The van der Waals surface area contributed by atoms with E-state index in [1.807, 2.05) is 6.92 Å². The Bertz CT molecular complexity index is 811. The number of benzene rings is 1. The zero-order chi connectivity index (χ0) is 16.6. The van der Waals surface area contributed by atoms with E-state index < -0.39 is 15.8 Å². The number of nitrogens with one attached hydrogen (secondary N) is 1. The number of H-pyrrole nitrogens is 1. The van der Waals surface area contributed by atoms with Gasteiger partial charge in [-0.2, -0.15) is 9.40 Å². The van der Waals surface area contributed by atoms with Crippen molar-refractivity contribution in [3.63, 3.8) is 0 Å². The van der Waals surface area contributed by atoms with Gasteiger partial charge in [0.15, 0.2) is 5.82 Å². The van der Waals surface area contributed by atoms with Crippen LogP contribution in [0.15, 0.2) is 23.1 Å². The minimum Gasteiger partial charge on any atom is -0.263 e. The summed E-state index contributed by atoms with van der Waals surface area (Å²) in [6.07, 6.45) is 1.26. The van der Waals surface area contributed by atoms with E-state index in [0.717, 1.165) is 17.2 Å². The maximum Gasteiger partial charge on any atom is 0.245 e. The zero-order valence-corrected chi connectivity index (χ0v) is 13.9. The van der Waals surface area contributed by atoms with Gasteiger partial charge in [0.1, 0.15) is 16.5 Å². The molecule has 0 radical (unpaired) electrons. The van der Waals surface area contributed by atoms with Crippen LogP contribution in [0.25, 0.3) is 0 Å². The molecule has 2 aromatic rings. The first kappa shape index (κ1) is 16.1. The van der Waals surface area contributed by atoms with Crippen molar-refractivity contribution in [3.8, 4) is 0 Å². The number of aromatic amines is 1. The molecule has 0 spiro atoms. The van der Waals surface area contributed by atoms with E-state index in [0.29, 0.717) is 25.9 Å². The van der Waals surface area contributed by atoms with Gasteiger partial charge >= 0.3 is 0 Å². The number of aromatic nitrogens is 3. The molecule has 1 aliphatic heterocycles. The first-order valence-corrected chi connectivity index (χ1v) is 8.97. The molecule has 0 atom stereocenters. The van der Waals surface area contributed by atoms with Gasteiger partial charge in [0, 0.05) is 19.0 Å². The number of hydrogen-bond donors (Lipinski definition) is 1. The maximum absolute atomic E-state index is 13.9. The minimum absolute atomic E-state index is 0.133. The molecule has 6 nitrogen and oxygen atoms in total. The van der Waals surface area contributed by atoms with Crippen molar-refractivity contribution >= 4 is 10.0 Å². The highest BCUT2D eigenvalue weighted by atomic mass is 32.2. The molecule has 1 aromatic carbocycles. The lowest BCUT2D eigenvalue weighted by Gasteiger charge is -2.30. The third-order valence-electron chi connectivity index (χ3n) is 4.14. The lowest BCUT2D eigenvalue weighted by atomic mass is 9.98. The molecule has 0 unspecified atom stereocenters. The standard InChI is InChI=1S/C15H19FN4O2S/c1-10-3-4-13(16)14(9-10)23(21,22)20-7-5-12(6-8-20)15-17-11(2)18-19-15/h3-4,9,12H,5-8H2,1-2H3,(H,17,18,19). The second-order valence-corrected chi connectivity index (χ2v) is 7.80. The highest BCUT2D eigenvalue weighted by Crippen LogP contribution is 2.29. The van der Waals surface area contributed by atoms with Crippen molar-refractivity contribution in [2.24, 2.45) is 0 Å². The van der Waals surface area contributed by atoms with Crippen LogP contribution in [0.1, 0.15) is 36.0 Å². The average molecular weight is 338 g/mol. The molecule has 1 fully saturated rings. The Balaban J connectivity index is 1.77. The van der Waals surface area contributed by atoms with E-state index in [2.05, 4.69) is 15.2 Å². The van der Waals surface area contributed by atoms with E-state index in [9.17, 15) is 12.8 Å². The minimum atomic E-state index is -3.81. The number of rotatable bonds is 3. The van der Waals surface area contributed by atoms with Crippen LogP contribution in [-0.2, 0) is 10.0 Å². The number of hydrogen-bond acceptors (Lipinski definition) is 4. The molecule has 1 N–H and O–H groups in total. The van der Waals surface area contributed by atoms with E-state index in [4.69, 9.17) is 0 Å². The molecule has 0 aliphatic carbocycles. The molecule has 0 amide bonds. The van der Waals surface area contributed by atoms with Gasteiger partial charge in [-0.25, -0.2) is 17.8 Å². The van der Waals surface area contributed by atoms with E-state index in [1.54, 1.807) is 13.0 Å². The summed E-state index contributed by atoms with van der Waals surface area (Å²) in [4.78, 5) is 4.07. The Kier molecular flexibility index (Phi) is 4.20. The summed E-state index contributed by atoms with van der Waals surface area (Å²) in [7, 11) is -3.81. The molecule has 8 heteroatoms. The van der Waals surface area contributed by atoms with Gasteiger partial charge in [-0.1, -0.05) is 6.07 Å². The fraction of sp³-hybridized carbons (Fsp3) is 0.467. The second-order valence-electron chi connectivity index (χ2n) is 5.89. The third kappa shape index (κ3) is 3.13. The number of sulfonamides is 1. The lowest BCUT2D eigenvalue weighted by molar-refractivity contribution is 0.312. The van der Waals surface area contributed by atoms with Crippen LogP contribution in [0.5, 0.6) is 0 Å². The van der Waals surface area contributed by atoms with Crippen molar-refractivity contribution in [1.82, 2.24) is 19.5 Å². The molecule has 1 saturated heterocycles. The first-order valence-electron chi connectivity index (χ1n) is 7.53. The summed E-state index contributed by atoms with van der Waals surface area (Å²) in [5.74, 6) is 0.897. The Labute approximate surface area is 134 Å². The van der Waals surface area contributed by atoms with E-state index >= 15 is 0 Å². The molecular weight excluding hydrogens is 319 g/mol. The molecule has 3 rings (SSSR count). The summed E-state index contributed by atoms with van der Waals surface area (Å²) in [6, 6.07) is 4.15. The maximum atomic E-state index is 13.9. The number of piperidine rings is 1. The molecule has 1 aliphatic rings. The Morgan fingerprint density at radius 2 is 1.96 bits per heavy atom. The molecule has 23 heavy (non-hydrogen) atoms. The Morgan fingerprint density at radius 1 is 1.26 bits per heavy atom. The van der Waals surface area contributed by atoms with Gasteiger partial charge in [0.2, 0.25) is 10.0 Å². The molecule has 1 aromatic heterocycles. The number of nitrogens with zero attached hydrogens (tertiary/aromatic N) is 3. The highest BCUT2D eigenvalue weighted by molar-refractivity contribution is 7.89. The Morgan fingerprint density at radius 3 is 2.57 bits per heavy atom. The summed E-state index contributed by atoms with van der Waals surface area (Å²) in [6.45, 7) is 4.26. The van der Waals surface area contributed by atoms with Crippen molar-refractivity contribution in [2.75, 3.05) is 13.1 Å². The molecule has 0 saturated carbocycles. The van der Waals surface area contributed by atoms with Crippen LogP contribution in [-0.4, -0.2) is 41.0 Å². The van der Waals surface area contributed by atoms with Crippen LogP contribution in [0.3, 0.4) is 0 Å². The smallest absolute Gasteiger partial charge is 0.245 e. The van der Waals surface area contributed by atoms with Crippen molar-refractivity contribution in [1.29, 1.82) is 0 Å². The van der Waals surface area contributed by atoms with Crippen LogP contribution < -0.4 is 0 Å². The van der Waals surface area contributed by atoms with Gasteiger partial charge in [-0.05, 0) is 44.4 Å². The van der Waals surface area contributed by atoms with Crippen LogP contribution in [0, 0.1) is 19.7 Å². The van der Waals surface area contributed by atoms with Crippen molar-refractivity contribution < 1.29 is 12.8 Å². The van der Waals surface area contributed by atoms with Crippen molar-refractivity contribution in [3.05, 3.63) is 41.2 Å². The number of aryl methyl sites for hydroxylation is 2. The van der Waals surface area contributed by atoms with E-state index in [-0.39, 0.29) is 10.8 Å². The topological polar surface area (TPSA) is 79.0 Å². The van der Waals surface area contributed by atoms with Gasteiger partial charge in [-0.3, -0.25) is 5.10 Å². The fourth-order valence-electron chi connectivity index (χ4n) is 2.84. The lowest BCUT2D eigenvalue weighted by Crippen LogP contribution is -2.38. The second kappa shape index (κ2) is 6.01. The molecule has 2 heterocycles. The molecular formula is C15H19FN4O2S. The van der Waals surface area contributed by atoms with Gasteiger partial charge in [0.05, 0.1) is 0 Å². The summed E-state index contributed by atoms with van der Waals surface area (Å²) >= 11 is 0. The van der Waals surface area contributed by atoms with Gasteiger partial charge in [0.25, 0.3) is 0 Å². The highest BCUT2D eigenvalue weighted by Gasteiger charge is 2.32. The van der Waals surface area contributed by atoms with Crippen molar-refractivity contribution in [2.45, 2.75) is 37.5 Å². The fourth-order valence-corrected chi connectivity index (χ4v) is 4.46. The predicted octanol–water partition coefficient (Wildman–Crippen LogP) is 2.13. The molecule has 0 bridgehead atoms. The summed E-state index contributed by atoms with van der Waals surface area (Å²) in [5, 5.41) is 6.95. The Hall–Kier alpha value is -1.80. The quantitative estimate of drug-likeness (QED) is 0.930. The van der Waals surface area contributed by atoms with Gasteiger partial charge in [-0.15, -0.1) is 0 Å². The number of halogens is 1. The molecule has 124 valence electrons. The third-order valence-corrected chi connectivity index (χ3v) is 6.05. The predicted molar refractivity (Wildman–Crippen MR) is 83.0 cm³/mol. The SMILES string of the molecule is Cc1ccc(F)c(S(=O)(=O)N2CCC(c3n[nH]c(C)n3)CC2)c1. The van der Waals surface area contributed by atoms with E-state index in [1.165, 1.54) is 16.4 Å². The summed E-state index contributed by atoms with van der Waals surface area (Å²) in [5.41, 5.74) is 0.719. The summed E-state index contributed by atoms with van der Waals surface area (Å²) < 4.78 is 40.6. The van der Waals surface area contributed by atoms with Crippen LogP contribution >= 0.6 is 0 Å². The zero-order valence-electron chi connectivity index (χ0n) is 13.1. The van der Waals surface area contributed by atoms with Crippen LogP contribution in [0.2, 0.25) is 0 Å². The largest absolute Gasteiger partial charge is 0.263 e. The van der Waals surface area contributed by atoms with Gasteiger partial charge < -0.3 is 0 Å². The first-order chi connectivity index (χ1) is 10.9.